The van der Waals surface area contributed by atoms with Crippen molar-refractivity contribution in [2.24, 2.45) is 0 Å². The molecule has 1 saturated carbocycles. The molecular formula is C18H29ClN2O2. The largest absolute Gasteiger partial charge is 0.399 e. The van der Waals surface area contributed by atoms with Crippen molar-refractivity contribution in [2.45, 2.75) is 57.5 Å². The summed E-state index contributed by atoms with van der Waals surface area (Å²) in [7, 11) is 0. The van der Waals surface area contributed by atoms with Gasteiger partial charge in [0.2, 0.25) is 5.91 Å². The van der Waals surface area contributed by atoms with Crippen molar-refractivity contribution in [1.82, 2.24) is 5.32 Å². The van der Waals surface area contributed by atoms with Crippen LogP contribution in [0.15, 0.2) is 24.3 Å². The van der Waals surface area contributed by atoms with E-state index in [2.05, 4.69) is 12.2 Å². The Morgan fingerprint density at radius 1 is 1.22 bits per heavy atom. The first-order valence-electron chi connectivity index (χ1n) is 8.39. The van der Waals surface area contributed by atoms with Crippen LogP contribution in [-0.4, -0.2) is 24.7 Å². The number of ether oxygens (including phenoxy) is 1. The Hall–Kier alpha value is -1.26. The van der Waals surface area contributed by atoms with Gasteiger partial charge in [0.15, 0.2) is 0 Å². The average Bonchev–Trinajstić information content (AvgIpc) is 2.54. The third-order valence-corrected chi connectivity index (χ3v) is 4.33. The third-order valence-electron chi connectivity index (χ3n) is 4.33. The number of anilines is 1. The second-order valence-corrected chi connectivity index (χ2v) is 6.29. The van der Waals surface area contributed by atoms with Gasteiger partial charge in [-0.3, -0.25) is 4.79 Å². The maximum absolute atomic E-state index is 12.2. The summed E-state index contributed by atoms with van der Waals surface area (Å²) in [4.78, 5) is 12.2. The molecule has 0 bridgehead atoms. The number of benzene rings is 1. The van der Waals surface area contributed by atoms with E-state index in [4.69, 9.17) is 10.5 Å². The standard InChI is InChI=1S/C18H28N2O2.ClH/c1-2-12-22-18(10-4-3-5-11-18)14-20-17(21)13-15-6-8-16(19)9-7-15;/h6-9H,2-5,10-14,19H2,1H3,(H,20,21);1H. The summed E-state index contributed by atoms with van der Waals surface area (Å²) in [6.07, 6.45) is 7.17. The lowest BCUT2D eigenvalue weighted by Gasteiger charge is -2.37. The smallest absolute Gasteiger partial charge is 0.224 e. The van der Waals surface area contributed by atoms with Crippen LogP contribution in [-0.2, 0) is 16.0 Å². The van der Waals surface area contributed by atoms with Crippen LogP contribution < -0.4 is 11.1 Å². The Morgan fingerprint density at radius 2 is 1.87 bits per heavy atom. The first kappa shape index (κ1) is 19.8. The van der Waals surface area contributed by atoms with E-state index in [-0.39, 0.29) is 23.9 Å². The molecule has 130 valence electrons. The molecule has 4 nitrogen and oxygen atoms in total. The van der Waals surface area contributed by atoms with Crippen molar-refractivity contribution >= 4 is 24.0 Å². The number of hydrogen-bond acceptors (Lipinski definition) is 3. The number of hydrogen-bond donors (Lipinski definition) is 2. The highest BCUT2D eigenvalue weighted by Crippen LogP contribution is 2.31. The van der Waals surface area contributed by atoms with E-state index in [1.54, 1.807) is 0 Å². The normalized spacial score (nSPS) is 16.4. The zero-order valence-corrected chi connectivity index (χ0v) is 14.8. The molecule has 1 aromatic rings. The molecule has 0 spiro atoms. The van der Waals surface area contributed by atoms with Crippen molar-refractivity contribution in [1.29, 1.82) is 0 Å². The number of nitrogen functional groups attached to an aromatic ring is 1. The molecule has 0 radical (unpaired) electrons. The maximum atomic E-state index is 12.2. The topological polar surface area (TPSA) is 64.3 Å². The Morgan fingerprint density at radius 3 is 2.48 bits per heavy atom. The fourth-order valence-electron chi connectivity index (χ4n) is 3.03. The van der Waals surface area contributed by atoms with Crippen molar-refractivity contribution in [3.63, 3.8) is 0 Å². The van der Waals surface area contributed by atoms with E-state index in [0.29, 0.717) is 13.0 Å². The number of rotatable bonds is 7. The van der Waals surface area contributed by atoms with Gasteiger partial charge in [0.25, 0.3) is 0 Å². The van der Waals surface area contributed by atoms with E-state index < -0.39 is 0 Å². The van der Waals surface area contributed by atoms with Gasteiger partial charge in [-0.15, -0.1) is 12.4 Å². The lowest BCUT2D eigenvalue weighted by atomic mass is 9.84. The van der Waals surface area contributed by atoms with Crippen LogP contribution in [0.3, 0.4) is 0 Å². The van der Waals surface area contributed by atoms with Gasteiger partial charge in [-0.2, -0.15) is 0 Å². The highest BCUT2D eigenvalue weighted by molar-refractivity contribution is 5.85. The lowest BCUT2D eigenvalue weighted by Crippen LogP contribution is -2.47. The molecular weight excluding hydrogens is 312 g/mol. The Balaban J connectivity index is 0.00000264. The first-order valence-corrected chi connectivity index (χ1v) is 8.39. The van der Waals surface area contributed by atoms with Crippen LogP contribution >= 0.6 is 12.4 Å². The molecule has 1 amide bonds. The van der Waals surface area contributed by atoms with Gasteiger partial charge in [0.1, 0.15) is 0 Å². The van der Waals surface area contributed by atoms with Crippen LogP contribution in [0.4, 0.5) is 5.69 Å². The van der Waals surface area contributed by atoms with Crippen LogP contribution in [0, 0.1) is 0 Å². The van der Waals surface area contributed by atoms with Gasteiger partial charge < -0.3 is 15.8 Å². The molecule has 5 heteroatoms. The molecule has 1 aliphatic carbocycles. The third kappa shape index (κ3) is 6.40. The molecule has 0 aliphatic heterocycles. The van der Waals surface area contributed by atoms with Crippen molar-refractivity contribution in [3.05, 3.63) is 29.8 Å². The number of carbonyl (C=O) groups excluding carboxylic acids is 1. The number of halogens is 1. The Bertz CT molecular complexity index is 470. The molecule has 3 N–H and O–H groups in total. The SMILES string of the molecule is CCCOC1(CNC(=O)Cc2ccc(N)cc2)CCCCC1.Cl. The molecule has 2 rings (SSSR count). The number of nitrogens with one attached hydrogen (secondary N) is 1. The number of amides is 1. The minimum Gasteiger partial charge on any atom is -0.399 e. The summed E-state index contributed by atoms with van der Waals surface area (Å²) < 4.78 is 6.10. The predicted molar refractivity (Wildman–Crippen MR) is 96.9 cm³/mol. The van der Waals surface area contributed by atoms with Crippen LogP contribution in [0.2, 0.25) is 0 Å². The van der Waals surface area contributed by atoms with Crippen LogP contribution in [0.5, 0.6) is 0 Å². The van der Waals surface area contributed by atoms with E-state index in [1.807, 2.05) is 24.3 Å². The van der Waals surface area contributed by atoms with Gasteiger partial charge in [-0.05, 0) is 37.0 Å². The minimum atomic E-state index is -0.148. The first-order chi connectivity index (χ1) is 10.6. The molecule has 0 saturated heterocycles. The number of carbonyl (C=O) groups is 1. The summed E-state index contributed by atoms with van der Waals surface area (Å²) >= 11 is 0. The van der Waals surface area contributed by atoms with Gasteiger partial charge in [0, 0.05) is 18.8 Å². The van der Waals surface area contributed by atoms with E-state index >= 15 is 0 Å². The molecule has 1 aliphatic rings. The molecule has 0 heterocycles. The lowest BCUT2D eigenvalue weighted by molar-refractivity contribution is -0.123. The van der Waals surface area contributed by atoms with Gasteiger partial charge >= 0.3 is 0 Å². The second kappa shape index (κ2) is 9.78. The van der Waals surface area contributed by atoms with E-state index in [9.17, 15) is 4.79 Å². The summed E-state index contributed by atoms with van der Waals surface area (Å²) in [5.41, 5.74) is 7.22. The highest BCUT2D eigenvalue weighted by Gasteiger charge is 2.33. The number of nitrogens with two attached hydrogens (primary N) is 1. The Kier molecular flexibility index (Phi) is 8.42. The zero-order chi connectivity index (χ0) is 15.8. The molecule has 0 aromatic heterocycles. The summed E-state index contributed by atoms with van der Waals surface area (Å²) in [6.45, 7) is 3.52. The van der Waals surface area contributed by atoms with Gasteiger partial charge in [0.05, 0.1) is 12.0 Å². The monoisotopic (exact) mass is 340 g/mol. The zero-order valence-electron chi connectivity index (χ0n) is 14.0. The molecule has 0 unspecified atom stereocenters. The van der Waals surface area contributed by atoms with E-state index in [1.165, 1.54) is 19.3 Å². The molecule has 1 fully saturated rings. The van der Waals surface area contributed by atoms with Gasteiger partial charge in [-0.1, -0.05) is 38.3 Å². The Labute approximate surface area is 145 Å². The van der Waals surface area contributed by atoms with E-state index in [0.717, 1.165) is 37.1 Å². The fourth-order valence-corrected chi connectivity index (χ4v) is 3.03. The predicted octanol–water partition coefficient (Wildman–Crippen LogP) is 3.48. The van der Waals surface area contributed by atoms with Gasteiger partial charge in [-0.25, -0.2) is 0 Å². The maximum Gasteiger partial charge on any atom is 0.224 e. The quantitative estimate of drug-likeness (QED) is 0.747. The molecule has 0 atom stereocenters. The highest BCUT2D eigenvalue weighted by atomic mass is 35.5. The van der Waals surface area contributed by atoms with Crippen LogP contribution in [0.1, 0.15) is 51.0 Å². The minimum absolute atomic E-state index is 0. The summed E-state index contributed by atoms with van der Waals surface area (Å²) in [6, 6.07) is 7.46. The second-order valence-electron chi connectivity index (χ2n) is 6.29. The fraction of sp³-hybridized carbons (Fsp3) is 0.611. The summed E-state index contributed by atoms with van der Waals surface area (Å²) in [5, 5.41) is 3.07. The molecule has 23 heavy (non-hydrogen) atoms. The van der Waals surface area contributed by atoms with Crippen molar-refractivity contribution in [2.75, 3.05) is 18.9 Å². The summed E-state index contributed by atoms with van der Waals surface area (Å²) in [5.74, 6) is 0.0508. The van der Waals surface area contributed by atoms with Crippen LogP contribution in [0.25, 0.3) is 0 Å². The van der Waals surface area contributed by atoms with Crippen molar-refractivity contribution in [3.8, 4) is 0 Å². The van der Waals surface area contributed by atoms with Crippen molar-refractivity contribution < 1.29 is 9.53 Å². The molecule has 1 aromatic carbocycles. The average molecular weight is 341 g/mol.